The molecule has 0 aliphatic rings. The van der Waals surface area contributed by atoms with Crippen molar-refractivity contribution in [1.29, 1.82) is 0 Å². The normalized spacial score (nSPS) is 10.8. The van der Waals surface area contributed by atoms with Gasteiger partial charge in [-0.05, 0) is 184 Å². The third kappa shape index (κ3) is 21.9. The molecule has 0 spiro atoms. The van der Waals surface area contributed by atoms with Crippen LogP contribution in [0.5, 0.6) is 0 Å². The summed E-state index contributed by atoms with van der Waals surface area (Å²) >= 11 is 0. The molecule has 6 N–H and O–H groups in total. The average Bonchev–Trinajstić information content (AvgIpc) is 3.71. The summed E-state index contributed by atoms with van der Waals surface area (Å²) in [5.41, 5.74) is 12.8. The van der Waals surface area contributed by atoms with E-state index in [1.807, 2.05) is 186 Å². The van der Waals surface area contributed by atoms with E-state index in [2.05, 4.69) is 22.0 Å². The minimum atomic E-state index is -0.871. The molecule has 0 unspecified atom stereocenters. The lowest BCUT2D eigenvalue weighted by Gasteiger charge is -2.19. The molecule has 0 saturated carbocycles. The summed E-state index contributed by atoms with van der Waals surface area (Å²) in [5.74, 6) is -2.79. The van der Waals surface area contributed by atoms with Crippen LogP contribution in [0.15, 0.2) is 194 Å². The molecule has 12 heteroatoms. The Bertz CT molecular complexity index is 3560. The molecule has 8 aromatic carbocycles. The molecule has 0 heterocycles. The van der Waals surface area contributed by atoms with Gasteiger partial charge in [-0.2, -0.15) is 0 Å². The first kappa shape index (κ1) is 66.7. The van der Waals surface area contributed by atoms with Gasteiger partial charge in [-0.1, -0.05) is 185 Å². The number of hydrogen-bond acceptors (Lipinski definition) is 6. The fourth-order valence-electron chi connectivity index (χ4n) is 10.1. The molecule has 8 aromatic rings. The molecule has 0 aromatic heterocycles. The number of unbranched alkanes of at least 4 members (excludes halogenated alkanes) is 6. The fraction of sp³-hybridized carbons (Fsp3) is 0.280. The van der Waals surface area contributed by atoms with E-state index in [0.717, 1.165) is 158 Å². The van der Waals surface area contributed by atoms with Crippen molar-refractivity contribution < 1.29 is 44.1 Å². The Balaban J connectivity index is 0.000000209. The van der Waals surface area contributed by atoms with Crippen molar-refractivity contribution in [2.24, 2.45) is 5.41 Å². The Hall–Kier alpha value is -9.42. The quantitative estimate of drug-likeness (QED) is 0.0286. The van der Waals surface area contributed by atoms with Gasteiger partial charge < -0.3 is 31.3 Å². The maximum Gasteiger partial charge on any atom is 0.335 e. The number of rotatable bonds is 26. The van der Waals surface area contributed by atoms with E-state index in [1.54, 1.807) is 36.4 Å². The number of nitrogens with one attached hydrogen (secondary N) is 3. The Morgan fingerprint density at radius 1 is 0.322 bits per heavy atom. The zero-order valence-electron chi connectivity index (χ0n) is 50.9. The van der Waals surface area contributed by atoms with E-state index in [9.17, 15) is 44.1 Å². The summed E-state index contributed by atoms with van der Waals surface area (Å²) in [6.45, 7) is 9.64. The lowest BCUT2D eigenvalue weighted by molar-refractivity contribution is -0.123. The second-order valence-electron chi connectivity index (χ2n) is 22.8. The number of hydrogen-bond donors (Lipinski definition) is 6. The van der Waals surface area contributed by atoms with Crippen molar-refractivity contribution in [2.75, 3.05) is 16.0 Å². The van der Waals surface area contributed by atoms with Gasteiger partial charge in [-0.25, -0.2) is 14.4 Å². The minimum Gasteiger partial charge on any atom is -0.478 e. The number of amides is 3. The summed E-state index contributed by atoms with van der Waals surface area (Å²) in [7, 11) is 0. The smallest absolute Gasteiger partial charge is 0.335 e. The van der Waals surface area contributed by atoms with Crippen LogP contribution in [0.4, 0.5) is 17.1 Å². The summed E-state index contributed by atoms with van der Waals surface area (Å²) in [4.78, 5) is 71.3. The molecule has 0 aliphatic carbocycles. The minimum absolute atomic E-state index is 0.0141. The van der Waals surface area contributed by atoms with Crippen LogP contribution in [0.2, 0.25) is 0 Å². The number of aromatic carboxylic acids is 3. The summed E-state index contributed by atoms with van der Waals surface area (Å²) < 4.78 is 0. The zero-order chi connectivity index (χ0) is 62.6. The highest BCUT2D eigenvalue weighted by molar-refractivity contribution is 6.06. The van der Waals surface area contributed by atoms with E-state index in [-0.39, 0.29) is 17.7 Å². The molecule has 3 amide bonds. The number of carbonyl (C=O) groups excluding carboxylic acids is 3. The fourth-order valence-corrected chi connectivity index (χ4v) is 10.1. The van der Waals surface area contributed by atoms with Gasteiger partial charge in [0.15, 0.2) is 0 Å². The van der Waals surface area contributed by atoms with Gasteiger partial charge in [0.2, 0.25) is 5.91 Å². The maximum absolute atomic E-state index is 12.6. The Kier molecular flexibility index (Phi) is 26.5. The first-order valence-corrected chi connectivity index (χ1v) is 30.1. The van der Waals surface area contributed by atoms with E-state index in [1.165, 1.54) is 0 Å². The van der Waals surface area contributed by atoms with E-state index in [0.29, 0.717) is 27.8 Å². The third-order valence-electron chi connectivity index (χ3n) is 15.1. The monoisotopic (exact) mass is 1170 g/mol. The van der Waals surface area contributed by atoms with Crippen molar-refractivity contribution in [1.82, 2.24) is 0 Å². The summed E-state index contributed by atoms with van der Waals surface area (Å²) in [5, 5.41) is 36.9. The van der Waals surface area contributed by atoms with Crippen molar-refractivity contribution in [3.8, 4) is 0 Å². The Morgan fingerprint density at radius 2 is 0.609 bits per heavy atom. The summed E-state index contributed by atoms with van der Waals surface area (Å²) in [6.07, 6.45) is 13.7. The largest absolute Gasteiger partial charge is 0.478 e. The van der Waals surface area contributed by atoms with Gasteiger partial charge in [0, 0.05) is 33.6 Å². The second kappa shape index (κ2) is 34.5. The van der Waals surface area contributed by atoms with Crippen LogP contribution in [0.1, 0.15) is 175 Å². The van der Waals surface area contributed by atoms with E-state index in [4.69, 9.17) is 0 Å². The zero-order valence-corrected chi connectivity index (χ0v) is 50.9. The highest BCUT2D eigenvalue weighted by atomic mass is 16.4. The third-order valence-corrected chi connectivity index (χ3v) is 15.1. The second-order valence-corrected chi connectivity index (χ2v) is 22.8. The molecule has 0 bridgehead atoms. The maximum atomic E-state index is 12.6. The highest BCUT2D eigenvalue weighted by Gasteiger charge is 2.22. The number of anilines is 3. The lowest BCUT2D eigenvalue weighted by Crippen LogP contribution is -2.28. The van der Waals surface area contributed by atoms with Gasteiger partial charge in [0.1, 0.15) is 0 Å². The van der Waals surface area contributed by atoms with Crippen LogP contribution in [-0.2, 0) is 43.3 Å². The first-order chi connectivity index (χ1) is 41.9. The average molecular weight is 1170 g/mol. The number of benzene rings is 8. The Morgan fingerprint density at radius 3 is 0.954 bits per heavy atom. The van der Waals surface area contributed by atoms with Crippen molar-refractivity contribution >= 4 is 52.7 Å². The van der Waals surface area contributed by atoms with Gasteiger partial charge in [-0.3, -0.25) is 14.4 Å². The van der Waals surface area contributed by atoms with Gasteiger partial charge in [-0.15, -0.1) is 0 Å². The van der Waals surface area contributed by atoms with Crippen LogP contribution in [0.25, 0.3) is 0 Å². The molecular formula is C75H83N3O9. The molecule has 8 rings (SSSR count). The van der Waals surface area contributed by atoms with Crippen LogP contribution < -0.4 is 16.0 Å². The molecule has 0 radical (unpaired) electrons. The number of carboxylic acids is 3. The summed E-state index contributed by atoms with van der Waals surface area (Å²) in [6, 6.07) is 60.4. The molecule has 0 saturated heterocycles. The molecular weight excluding hydrogens is 1090 g/mol. The van der Waals surface area contributed by atoms with Crippen LogP contribution in [0, 0.1) is 19.3 Å². The van der Waals surface area contributed by atoms with Crippen LogP contribution >= 0.6 is 0 Å². The van der Waals surface area contributed by atoms with E-state index < -0.39 is 23.3 Å². The van der Waals surface area contributed by atoms with Gasteiger partial charge in [0.25, 0.3) is 11.8 Å². The van der Waals surface area contributed by atoms with Crippen molar-refractivity contribution in [3.63, 3.8) is 0 Å². The molecule has 0 fully saturated rings. The van der Waals surface area contributed by atoms with Crippen molar-refractivity contribution in [3.05, 3.63) is 266 Å². The lowest BCUT2D eigenvalue weighted by atomic mass is 9.95. The van der Waals surface area contributed by atoms with E-state index >= 15 is 0 Å². The number of para-hydroxylation sites is 3. The molecule has 452 valence electrons. The molecule has 0 aliphatic heterocycles. The van der Waals surface area contributed by atoms with Gasteiger partial charge >= 0.3 is 17.9 Å². The number of carboxylic acid groups (broad SMARTS) is 3. The molecule has 0 atom stereocenters. The predicted octanol–water partition coefficient (Wildman–Crippen LogP) is 17.1. The number of aryl methyl sites for hydroxylation is 8. The van der Waals surface area contributed by atoms with Crippen LogP contribution in [-0.4, -0.2) is 50.9 Å². The topological polar surface area (TPSA) is 199 Å². The number of carbonyl (C=O) groups is 6. The van der Waals surface area contributed by atoms with Crippen LogP contribution in [0.3, 0.4) is 0 Å². The predicted molar refractivity (Wildman–Crippen MR) is 350 cm³/mol. The molecule has 12 nitrogen and oxygen atoms in total. The highest BCUT2D eigenvalue weighted by Crippen LogP contribution is 2.25. The SMILES string of the molecule is CC(C)(C)C(=O)Nc1ccccc1CCCCCc1ccccc1C(=O)O.Cc1ccc(C(=O)Nc2ccccc2CCCCCc2ccccc2C(=O)O)cc1.Cc1ccccc1C(=O)Nc1ccccc1CCCCCc1ccccc1C(=O)O. The van der Waals surface area contributed by atoms with Gasteiger partial charge in [0.05, 0.1) is 16.7 Å². The Labute approximate surface area is 513 Å². The standard InChI is InChI=1S/2C26H27NO3.C23H29NO3/c1-19-11-5-8-16-22(19)25(28)27-24-18-10-7-15-21(24)14-4-2-3-12-20-13-6-9-17-23(20)26(29)30;1-19-15-17-22(18-16-19)25(28)27-24-14-8-6-12-21(24)11-4-2-3-9-20-10-5-7-13-23(20)26(29)30;1-23(2,3)22(27)24-20-16-10-8-14-18(20)13-6-4-5-11-17-12-7-9-15-19(17)21(25)26/h5-11,13,15-18H,2-4,12,14H2,1H3,(H,27,28)(H,29,30);5-8,10,12-18H,2-4,9,11H2,1H3,(H,27,28)(H,29,30);7-10,12,14-16H,4-6,11,13H2,1-3H3,(H,24,27)(H,25,26). The first-order valence-electron chi connectivity index (χ1n) is 30.1. The van der Waals surface area contributed by atoms with Crippen molar-refractivity contribution in [2.45, 2.75) is 131 Å². The molecule has 87 heavy (non-hydrogen) atoms.